The molecule has 126 valence electrons. The molecule has 0 amide bonds. The highest BCUT2D eigenvalue weighted by atomic mass is 32.2. The van der Waals surface area contributed by atoms with Gasteiger partial charge in [0.2, 0.25) is 15.8 Å². The van der Waals surface area contributed by atoms with Gasteiger partial charge in [-0.15, -0.1) is 0 Å². The lowest BCUT2D eigenvalue weighted by molar-refractivity contribution is 0.0913. The summed E-state index contributed by atoms with van der Waals surface area (Å²) >= 11 is 0. The highest BCUT2D eigenvalue weighted by Gasteiger charge is 2.17. The Labute approximate surface area is 131 Å². The van der Waals surface area contributed by atoms with Gasteiger partial charge in [0.25, 0.3) is 0 Å². The fourth-order valence-electron chi connectivity index (χ4n) is 1.76. The van der Waals surface area contributed by atoms with Crippen LogP contribution in [-0.2, 0) is 14.8 Å². The Morgan fingerprint density at radius 3 is 2.00 bits per heavy atom. The molecule has 1 N–H and O–H groups in total. The van der Waals surface area contributed by atoms with Gasteiger partial charge in [0.1, 0.15) is 0 Å². The molecule has 0 unspecified atom stereocenters. The SMILES string of the molecule is COc1cc(NS(=O)(=O)CCOC(C)C)cc(OC)c1OC. The number of sulfonamides is 1. The summed E-state index contributed by atoms with van der Waals surface area (Å²) in [6, 6.07) is 3.06. The minimum atomic E-state index is -3.53. The van der Waals surface area contributed by atoms with Gasteiger partial charge in [-0.3, -0.25) is 4.72 Å². The van der Waals surface area contributed by atoms with Gasteiger partial charge in [-0.25, -0.2) is 8.42 Å². The molecule has 0 aromatic heterocycles. The topological polar surface area (TPSA) is 83.1 Å². The third-order valence-corrected chi connectivity index (χ3v) is 3.99. The Morgan fingerprint density at radius 1 is 1.05 bits per heavy atom. The Hall–Kier alpha value is -1.67. The number of hydrogen-bond acceptors (Lipinski definition) is 6. The minimum Gasteiger partial charge on any atom is -0.493 e. The summed E-state index contributed by atoms with van der Waals surface area (Å²) in [6.07, 6.45) is -0.0172. The summed E-state index contributed by atoms with van der Waals surface area (Å²) in [5.74, 6) is 1.01. The summed E-state index contributed by atoms with van der Waals surface area (Å²) in [5, 5.41) is 0. The zero-order chi connectivity index (χ0) is 16.8. The molecular formula is C14H23NO6S. The summed E-state index contributed by atoms with van der Waals surface area (Å²) in [6.45, 7) is 3.82. The molecule has 0 spiro atoms. The van der Waals surface area contributed by atoms with Gasteiger partial charge in [0.15, 0.2) is 11.5 Å². The molecule has 0 heterocycles. The van der Waals surface area contributed by atoms with Crippen LogP contribution in [0.2, 0.25) is 0 Å². The van der Waals surface area contributed by atoms with E-state index in [1.807, 2.05) is 13.8 Å². The normalized spacial score (nSPS) is 11.4. The molecule has 1 rings (SSSR count). The fourth-order valence-corrected chi connectivity index (χ4v) is 2.66. The molecule has 0 radical (unpaired) electrons. The van der Waals surface area contributed by atoms with Crippen LogP contribution in [0.15, 0.2) is 12.1 Å². The van der Waals surface area contributed by atoms with Crippen molar-refractivity contribution in [2.45, 2.75) is 20.0 Å². The highest BCUT2D eigenvalue weighted by Crippen LogP contribution is 2.40. The average molecular weight is 333 g/mol. The van der Waals surface area contributed by atoms with Crippen molar-refractivity contribution in [1.82, 2.24) is 0 Å². The van der Waals surface area contributed by atoms with Gasteiger partial charge < -0.3 is 18.9 Å². The number of benzene rings is 1. The first-order valence-corrected chi connectivity index (χ1v) is 8.40. The zero-order valence-corrected chi connectivity index (χ0v) is 14.3. The largest absolute Gasteiger partial charge is 0.493 e. The predicted molar refractivity (Wildman–Crippen MR) is 84.6 cm³/mol. The van der Waals surface area contributed by atoms with Gasteiger partial charge in [-0.05, 0) is 13.8 Å². The van der Waals surface area contributed by atoms with Crippen molar-refractivity contribution in [3.8, 4) is 17.2 Å². The van der Waals surface area contributed by atoms with E-state index < -0.39 is 10.0 Å². The van der Waals surface area contributed by atoms with E-state index >= 15 is 0 Å². The van der Waals surface area contributed by atoms with E-state index in [9.17, 15) is 8.42 Å². The summed E-state index contributed by atoms with van der Waals surface area (Å²) in [4.78, 5) is 0. The second-order valence-electron chi connectivity index (χ2n) is 4.75. The lowest BCUT2D eigenvalue weighted by Gasteiger charge is -2.15. The van der Waals surface area contributed by atoms with Crippen molar-refractivity contribution in [3.05, 3.63) is 12.1 Å². The molecule has 0 bridgehead atoms. The standard InChI is InChI=1S/C14H23NO6S/c1-10(2)21-6-7-22(16,17)15-11-8-12(18-3)14(20-5)13(9-11)19-4/h8-10,15H,6-7H2,1-5H3. The number of nitrogens with one attached hydrogen (secondary N) is 1. The fraction of sp³-hybridized carbons (Fsp3) is 0.571. The smallest absolute Gasteiger partial charge is 0.235 e. The highest BCUT2D eigenvalue weighted by molar-refractivity contribution is 7.92. The van der Waals surface area contributed by atoms with E-state index in [1.54, 1.807) is 0 Å². The van der Waals surface area contributed by atoms with E-state index in [2.05, 4.69) is 4.72 Å². The molecule has 1 aromatic rings. The van der Waals surface area contributed by atoms with Crippen LogP contribution in [0.3, 0.4) is 0 Å². The molecule has 7 nitrogen and oxygen atoms in total. The van der Waals surface area contributed by atoms with Crippen LogP contribution < -0.4 is 18.9 Å². The Balaban J connectivity index is 2.93. The average Bonchev–Trinajstić information content (AvgIpc) is 2.44. The van der Waals surface area contributed by atoms with E-state index in [0.29, 0.717) is 22.9 Å². The number of methoxy groups -OCH3 is 3. The molecule has 0 saturated heterocycles. The first-order chi connectivity index (χ1) is 10.3. The first kappa shape index (κ1) is 18.4. The quantitative estimate of drug-likeness (QED) is 0.743. The first-order valence-electron chi connectivity index (χ1n) is 6.75. The van der Waals surface area contributed by atoms with Crippen LogP contribution in [0.1, 0.15) is 13.8 Å². The van der Waals surface area contributed by atoms with Crippen molar-refractivity contribution in [3.63, 3.8) is 0 Å². The van der Waals surface area contributed by atoms with Crippen molar-refractivity contribution in [2.75, 3.05) is 38.4 Å². The third-order valence-electron chi connectivity index (χ3n) is 2.74. The van der Waals surface area contributed by atoms with Gasteiger partial charge in [-0.2, -0.15) is 0 Å². The lowest BCUT2D eigenvalue weighted by atomic mass is 10.2. The van der Waals surface area contributed by atoms with Gasteiger partial charge >= 0.3 is 0 Å². The molecule has 0 saturated carbocycles. The molecule has 0 fully saturated rings. The van der Waals surface area contributed by atoms with Crippen LogP contribution in [0.4, 0.5) is 5.69 Å². The Kier molecular flexibility index (Phi) is 6.76. The predicted octanol–water partition coefficient (Wildman–Crippen LogP) is 1.88. The van der Waals surface area contributed by atoms with Gasteiger partial charge in [0.05, 0.1) is 45.5 Å². The lowest BCUT2D eigenvalue weighted by Crippen LogP contribution is -2.21. The van der Waals surface area contributed by atoms with Crippen LogP contribution in [0.5, 0.6) is 17.2 Å². The number of hydrogen-bond donors (Lipinski definition) is 1. The van der Waals surface area contributed by atoms with Crippen LogP contribution in [-0.4, -0.2) is 48.2 Å². The molecule has 0 aliphatic carbocycles. The van der Waals surface area contributed by atoms with E-state index in [4.69, 9.17) is 18.9 Å². The maximum atomic E-state index is 12.0. The minimum absolute atomic E-state index is 0.0172. The molecule has 22 heavy (non-hydrogen) atoms. The maximum absolute atomic E-state index is 12.0. The molecular weight excluding hydrogens is 310 g/mol. The second-order valence-corrected chi connectivity index (χ2v) is 6.60. The van der Waals surface area contributed by atoms with Crippen molar-refractivity contribution < 1.29 is 27.4 Å². The maximum Gasteiger partial charge on any atom is 0.235 e. The molecule has 1 aromatic carbocycles. The summed E-state index contributed by atoms with van der Waals surface area (Å²) in [5.41, 5.74) is 0.332. The van der Waals surface area contributed by atoms with Gasteiger partial charge in [-0.1, -0.05) is 0 Å². The Bertz CT molecular complexity index is 560. The molecule has 8 heteroatoms. The summed E-state index contributed by atoms with van der Waals surface area (Å²) < 4.78 is 47.3. The van der Waals surface area contributed by atoms with Crippen LogP contribution >= 0.6 is 0 Å². The van der Waals surface area contributed by atoms with E-state index in [1.165, 1.54) is 33.5 Å². The zero-order valence-electron chi connectivity index (χ0n) is 13.5. The molecule has 0 aliphatic heterocycles. The molecule has 0 aliphatic rings. The number of rotatable bonds is 9. The van der Waals surface area contributed by atoms with E-state index in [0.717, 1.165) is 0 Å². The third kappa shape index (κ3) is 5.27. The van der Waals surface area contributed by atoms with Crippen LogP contribution in [0, 0.1) is 0 Å². The van der Waals surface area contributed by atoms with Crippen LogP contribution in [0.25, 0.3) is 0 Å². The van der Waals surface area contributed by atoms with Crippen molar-refractivity contribution in [1.29, 1.82) is 0 Å². The summed E-state index contributed by atoms with van der Waals surface area (Å²) in [7, 11) is 0.882. The second kappa shape index (κ2) is 8.09. The van der Waals surface area contributed by atoms with Gasteiger partial charge in [0, 0.05) is 12.1 Å². The number of ether oxygens (including phenoxy) is 4. The molecule has 0 atom stereocenters. The monoisotopic (exact) mass is 333 g/mol. The Morgan fingerprint density at radius 2 is 1.59 bits per heavy atom. The van der Waals surface area contributed by atoms with Crippen molar-refractivity contribution >= 4 is 15.7 Å². The number of anilines is 1. The van der Waals surface area contributed by atoms with E-state index in [-0.39, 0.29) is 18.5 Å². The van der Waals surface area contributed by atoms with Crippen molar-refractivity contribution in [2.24, 2.45) is 0 Å².